The SMILES string of the molecule is CC(C)(C)C(=O)NCCC(=O)OCc1sc2ccccc2c1Cl. The van der Waals surface area contributed by atoms with Crippen LogP contribution in [-0.2, 0) is 20.9 Å². The minimum atomic E-state index is -0.464. The summed E-state index contributed by atoms with van der Waals surface area (Å²) in [5.41, 5.74) is -0.464. The van der Waals surface area contributed by atoms with Gasteiger partial charge in [-0.1, -0.05) is 50.6 Å². The zero-order valence-corrected chi connectivity index (χ0v) is 15.0. The number of carbonyl (C=O) groups excluding carboxylic acids is 2. The van der Waals surface area contributed by atoms with Gasteiger partial charge in [0.1, 0.15) is 6.61 Å². The molecule has 6 heteroatoms. The molecule has 1 N–H and O–H groups in total. The van der Waals surface area contributed by atoms with Crippen LogP contribution < -0.4 is 5.32 Å². The molecule has 0 radical (unpaired) electrons. The number of ether oxygens (including phenoxy) is 1. The van der Waals surface area contributed by atoms with E-state index in [9.17, 15) is 9.59 Å². The van der Waals surface area contributed by atoms with Crippen molar-refractivity contribution in [1.82, 2.24) is 5.32 Å². The van der Waals surface area contributed by atoms with Crippen LogP contribution in [0.5, 0.6) is 0 Å². The molecule has 0 unspecified atom stereocenters. The van der Waals surface area contributed by atoms with Crippen LogP contribution >= 0.6 is 22.9 Å². The van der Waals surface area contributed by atoms with Crippen molar-refractivity contribution in [2.24, 2.45) is 5.41 Å². The summed E-state index contributed by atoms with van der Waals surface area (Å²) >= 11 is 7.82. The molecule has 1 heterocycles. The lowest BCUT2D eigenvalue weighted by Gasteiger charge is -2.17. The van der Waals surface area contributed by atoms with Crippen molar-refractivity contribution in [2.75, 3.05) is 6.54 Å². The minimum absolute atomic E-state index is 0.0853. The van der Waals surface area contributed by atoms with Crippen molar-refractivity contribution in [2.45, 2.75) is 33.8 Å². The molecular formula is C17H20ClNO3S. The van der Waals surface area contributed by atoms with Gasteiger partial charge < -0.3 is 10.1 Å². The predicted molar refractivity (Wildman–Crippen MR) is 93.7 cm³/mol. The third kappa shape index (κ3) is 4.69. The Morgan fingerprint density at radius 1 is 1.26 bits per heavy atom. The summed E-state index contributed by atoms with van der Waals surface area (Å²) in [6.45, 7) is 5.90. The van der Waals surface area contributed by atoms with Crippen molar-refractivity contribution >= 4 is 44.9 Å². The third-order valence-corrected chi connectivity index (χ3v) is 4.95. The number of hydrogen-bond acceptors (Lipinski definition) is 4. The van der Waals surface area contributed by atoms with Crippen LogP contribution in [-0.4, -0.2) is 18.4 Å². The summed E-state index contributed by atoms with van der Waals surface area (Å²) in [5.74, 6) is -0.439. The van der Waals surface area contributed by atoms with E-state index in [-0.39, 0.29) is 31.4 Å². The first-order chi connectivity index (χ1) is 10.8. The van der Waals surface area contributed by atoms with Crippen molar-refractivity contribution in [3.8, 4) is 0 Å². The van der Waals surface area contributed by atoms with Gasteiger partial charge in [0.05, 0.1) is 16.3 Å². The van der Waals surface area contributed by atoms with Crippen molar-refractivity contribution in [3.63, 3.8) is 0 Å². The zero-order chi connectivity index (χ0) is 17.0. The number of halogens is 1. The fourth-order valence-corrected chi connectivity index (χ4v) is 3.32. The van der Waals surface area contributed by atoms with Gasteiger partial charge in [-0.2, -0.15) is 0 Å². The van der Waals surface area contributed by atoms with Crippen LogP contribution in [0.1, 0.15) is 32.1 Å². The van der Waals surface area contributed by atoms with Gasteiger partial charge in [-0.25, -0.2) is 0 Å². The number of hydrogen-bond donors (Lipinski definition) is 1. The molecule has 4 nitrogen and oxygen atoms in total. The van der Waals surface area contributed by atoms with E-state index < -0.39 is 5.41 Å². The van der Waals surface area contributed by atoms with Crippen LogP contribution in [0.3, 0.4) is 0 Å². The zero-order valence-electron chi connectivity index (χ0n) is 13.4. The predicted octanol–water partition coefficient (Wildman–Crippen LogP) is 4.15. The molecule has 0 saturated heterocycles. The van der Waals surface area contributed by atoms with E-state index >= 15 is 0 Å². The smallest absolute Gasteiger partial charge is 0.307 e. The van der Waals surface area contributed by atoms with Crippen LogP contribution in [0.25, 0.3) is 10.1 Å². The number of nitrogens with one attached hydrogen (secondary N) is 1. The van der Waals surface area contributed by atoms with E-state index in [0.717, 1.165) is 15.0 Å². The van der Waals surface area contributed by atoms with Gasteiger partial charge in [0.2, 0.25) is 5.91 Å². The van der Waals surface area contributed by atoms with Gasteiger partial charge in [0.25, 0.3) is 0 Å². The van der Waals surface area contributed by atoms with Crippen molar-refractivity contribution in [3.05, 3.63) is 34.2 Å². The maximum absolute atomic E-state index is 11.8. The Balaban J connectivity index is 1.82. The molecule has 1 aromatic heterocycles. The average Bonchev–Trinajstić information content (AvgIpc) is 2.81. The highest BCUT2D eigenvalue weighted by Gasteiger charge is 2.20. The van der Waals surface area contributed by atoms with Crippen molar-refractivity contribution in [1.29, 1.82) is 0 Å². The second-order valence-electron chi connectivity index (χ2n) is 6.25. The monoisotopic (exact) mass is 353 g/mol. The molecule has 0 saturated carbocycles. The van der Waals surface area contributed by atoms with Crippen LogP contribution in [0.15, 0.2) is 24.3 Å². The molecule has 0 aliphatic rings. The number of fused-ring (bicyclic) bond motifs is 1. The number of benzene rings is 1. The first-order valence-electron chi connectivity index (χ1n) is 7.39. The molecule has 23 heavy (non-hydrogen) atoms. The Kier molecular flexibility index (Phi) is 5.65. The fraction of sp³-hybridized carbons (Fsp3) is 0.412. The van der Waals surface area contributed by atoms with Gasteiger partial charge in [0.15, 0.2) is 0 Å². The van der Waals surface area contributed by atoms with Gasteiger partial charge in [0, 0.05) is 22.0 Å². The maximum Gasteiger partial charge on any atom is 0.307 e. The van der Waals surface area contributed by atoms with Gasteiger partial charge >= 0.3 is 5.97 Å². The van der Waals surface area contributed by atoms with E-state index in [1.165, 1.54) is 11.3 Å². The maximum atomic E-state index is 11.8. The lowest BCUT2D eigenvalue weighted by atomic mass is 9.96. The fourth-order valence-electron chi connectivity index (χ4n) is 1.92. The quantitative estimate of drug-likeness (QED) is 0.821. The average molecular weight is 354 g/mol. The Bertz CT molecular complexity index is 718. The highest BCUT2D eigenvalue weighted by atomic mass is 35.5. The molecule has 0 spiro atoms. The second-order valence-corrected chi connectivity index (χ2v) is 7.77. The highest BCUT2D eigenvalue weighted by molar-refractivity contribution is 7.19. The van der Waals surface area contributed by atoms with Crippen LogP contribution in [0.2, 0.25) is 5.02 Å². The first kappa shape index (κ1) is 17.8. The standard InChI is InChI=1S/C17H20ClNO3S/c1-17(2,3)16(21)19-9-8-14(20)22-10-13-15(18)11-6-4-5-7-12(11)23-13/h4-7H,8-10H2,1-3H3,(H,19,21). The van der Waals surface area contributed by atoms with Gasteiger partial charge in [-0.15, -0.1) is 11.3 Å². The third-order valence-electron chi connectivity index (χ3n) is 3.26. The minimum Gasteiger partial charge on any atom is -0.460 e. The molecule has 1 aromatic carbocycles. The number of rotatable bonds is 5. The summed E-state index contributed by atoms with van der Waals surface area (Å²) < 4.78 is 6.31. The summed E-state index contributed by atoms with van der Waals surface area (Å²) in [5, 5.41) is 4.33. The molecule has 0 atom stereocenters. The van der Waals surface area contributed by atoms with E-state index in [0.29, 0.717) is 5.02 Å². The van der Waals surface area contributed by atoms with E-state index in [4.69, 9.17) is 16.3 Å². The molecule has 0 aliphatic carbocycles. The first-order valence-corrected chi connectivity index (χ1v) is 8.58. The molecule has 0 fully saturated rings. The number of esters is 1. The highest BCUT2D eigenvalue weighted by Crippen LogP contribution is 2.35. The van der Waals surface area contributed by atoms with E-state index in [2.05, 4.69) is 5.32 Å². The number of carbonyl (C=O) groups is 2. The largest absolute Gasteiger partial charge is 0.460 e. The molecule has 1 amide bonds. The van der Waals surface area contributed by atoms with E-state index in [1.807, 2.05) is 45.0 Å². The van der Waals surface area contributed by atoms with Gasteiger partial charge in [-0.3, -0.25) is 9.59 Å². The van der Waals surface area contributed by atoms with Crippen LogP contribution in [0, 0.1) is 5.41 Å². The molecule has 0 aliphatic heterocycles. The lowest BCUT2D eigenvalue weighted by molar-refractivity contribution is -0.144. The van der Waals surface area contributed by atoms with E-state index in [1.54, 1.807) is 0 Å². The van der Waals surface area contributed by atoms with Crippen molar-refractivity contribution < 1.29 is 14.3 Å². The summed E-state index contributed by atoms with van der Waals surface area (Å²) in [6, 6.07) is 7.80. The second kappa shape index (κ2) is 7.32. The molecule has 2 aromatic rings. The van der Waals surface area contributed by atoms with Crippen LogP contribution in [0.4, 0.5) is 0 Å². The molecule has 0 bridgehead atoms. The number of amides is 1. The molecular weight excluding hydrogens is 334 g/mol. The topological polar surface area (TPSA) is 55.4 Å². The van der Waals surface area contributed by atoms with Gasteiger partial charge in [-0.05, 0) is 6.07 Å². The molecule has 124 valence electrons. The Labute approximate surface area is 144 Å². The summed E-state index contributed by atoms with van der Waals surface area (Å²) in [4.78, 5) is 24.3. The summed E-state index contributed by atoms with van der Waals surface area (Å²) in [7, 11) is 0. The normalized spacial score (nSPS) is 11.5. The number of thiophene rings is 1. The lowest BCUT2D eigenvalue weighted by Crippen LogP contribution is -2.36. The molecule has 2 rings (SSSR count). The Morgan fingerprint density at radius 3 is 2.61 bits per heavy atom. The summed E-state index contributed by atoms with van der Waals surface area (Å²) in [6.07, 6.45) is 0.143. The Hall–Kier alpha value is -1.59. The Morgan fingerprint density at radius 2 is 1.96 bits per heavy atom.